The van der Waals surface area contributed by atoms with Crippen molar-refractivity contribution in [3.8, 4) is 11.8 Å². The maximum atomic E-state index is 12.1. The third-order valence-electron chi connectivity index (χ3n) is 4.17. The van der Waals surface area contributed by atoms with Gasteiger partial charge in [-0.1, -0.05) is 0 Å². The number of amides is 1. The van der Waals surface area contributed by atoms with Gasteiger partial charge in [0.2, 0.25) is 5.91 Å². The monoisotopic (exact) mass is 326 g/mol. The van der Waals surface area contributed by atoms with Crippen LogP contribution in [-0.2, 0) is 4.79 Å². The molecule has 3 rings (SSSR count). The van der Waals surface area contributed by atoms with E-state index in [1.807, 2.05) is 19.1 Å². The fraction of sp³-hybridized carbons (Fsp3) is 0.389. The molecule has 1 fully saturated rings. The number of anilines is 1. The Morgan fingerprint density at radius 1 is 1.38 bits per heavy atom. The fourth-order valence-electron chi connectivity index (χ4n) is 2.79. The van der Waals surface area contributed by atoms with Crippen LogP contribution in [0.25, 0.3) is 0 Å². The lowest BCUT2D eigenvalue weighted by molar-refractivity contribution is -0.116. The normalized spacial score (nSPS) is 16.8. The first kappa shape index (κ1) is 16.4. The maximum Gasteiger partial charge on any atom is 0.321 e. The van der Waals surface area contributed by atoms with Gasteiger partial charge in [-0.2, -0.15) is 0 Å². The zero-order valence-electron chi connectivity index (χ0n) is 13.8. The van der Waals surface area contributed by atoms with E-state index in [1.165, 1.54) is 6.42 Å². The van der Waals surface area contributed by atoms with Gasteiger partial charge in [-0.05, 0) is 68.6 Å². The number of nitrogens with zero attached hydrogens (tertiary/aromatic N) is 2. The standard InChI is InChI=1S/C18H22N4O2/c1-13-11-15(24-18-20-8-2-9-21-18)4-5-16(13)22-17(23)6-3-14-7-10-19-12-14/h2,4-5,8-9,11,14,19H,3,6-7,10,12H2,1H3,(H,22,23). The summed E-state index contributed by atoms with van der Waals surface area (Å²) in [4.78, 5) is 20.2. The molecule has 1 amide bonds. The molecule has 1 unspecified atom stereocenters. The Kier molecular flexibility index (Phi) is 5.38. The average molecular weight is 326 g/mol. The van der Waals surface area contributed by atoms with Gasteiger partial charge in [-0.3, -0.25) is 4.79 Å². The van der Waals surface area contributed by atoms with Crippen molar-refractivity contribution in [2.75, 3.05) is 18.4 Å². The summed E-state index contributed by atoms with van der Waals surface area (Å²) in [6.07, 6.45) is 5.92. The maximum absolute atomic E-state index is 12.1. The Labute approximate surface area is 141 Å². The van der Waals surface area contributed by atoms with E-state index in [0.717, 1.165) is 30.8 Å². The third kappa shape index (κ3) is 4.52. The van der Waals surface area contributed by atoms with Crippen molar-refractivity contribution >= 4 is 11.6 Å². The van der Waals surface area contributed by atoms with Gasteiger partial charge in [0.05, 0.1) is 0 Å². The molecule has 1 aliphatic heterocycles. The predicted octanol–water partition coefficient (Wildman–Crippen LogP) is 2.91. The van der Waals surface area contributed by atoms with Gasteiger partial charge in [0.25, 0.3) is 0 Å². The third-order valence-corrected chi connectivity index (χ3v) is 4.17. The second-order valence-corrected chi connectivity index (χ2v) is 6.06. The Hall–Kier alpha value is -2.47. The van der Waals surface area contributed by atoms with E-state index in [4.69, 9.17) is 4.74 Å². The number of nitrogens with one attached hydrogen (secondary N) is 2. The number of hydrogen-bond acceptors (Lipinski definition) is 5. The number of carbonyl (C=O) groups is 1. The van der Waals surface area contributed by atoms with Crippen molar-refractivity contribution in [3.63, 3.8) is 0 Å². The van der Waals surface area contributed by atoms with E-state index >= 15 is 0 Å². The van der Waals surface area contributed by atoms with Crippen LogP contribution >= 0.6 is 0 Å². The lowest BCUT2D eigenvalue weighted by Gasteiger charge is -2.12. The molecule has 1 aromatic heterocycles. The molecule has 126 valence electrons. The molecule has 0 radical (unpaired) electrons. The zero-order valence-corrected chi connectivity index (χ0v) is 13.8. The molecule has 2 heterocycles. The molecular formula is C18H22N4O2. The van der Waals surface area contributed by atoms with Crippen molar-refractivity contribution in [1.82, 2.24) is 15.3 Å². The largest absolute Gasteiger partial charge is 0.424 e. The average Bonchev–Trinajstić information content (AvgIpc) is 3.10. The first-order valence-corrected chi connectivity index (χ1v) is 8.27. The Bertz CT molecular complexity index is 685. The first-order valence-electron chi connectivity index (χ1n) is 8.27. The van der Waals surface area contributed by atoms with E-state index in [1.54, 1.807) is 24.5 Å². The molecule has 0 spiro atoms. The number of carbonyl (C=O) groups excluding carboxylic acids is 1. The summed E-state index contributed by atoms with van der Waals surface area (Å²) in [7, 11) is 0. The van der Waals surface area contributed by atoms with Crippen molar-refractivity contribution in [2.45, 2.75) is 26.2 Å². The molecule has 1 atom stereocenters. The number of benzene rings is 1. The molecule has 24 heavy (non-hydrogen) atoms. The van der Waals surface area contributed by atoms with Crippen molar-refractivity contribution < 1.29 is 9.53 Å². The van der Waals surface area contributed by atoms with Gasteiger partial charge in [0.1, 0.15) is 5.75 Å². The minimum absolute atomic E-state index is 0.0602. The molecule has 6 nitrogen and oxygen atoms in total. The predicted molar refractivity (Wildman–Crippen MR) is 92.1 cm³/mol. The minimum atomic E-state index is 0.0602. The first-order chi connectivity index (χ1) is 11.7. The topological polar surface area (TPSA) is 76.1 Å². The zero-order chi connectivity index (χ0) is 16.8. The SMILES string of the molecule is Cc1cc(Oc2ncccn2)ccc1NC(=O)CCC1CCNC1. The highest BCUT2D eigenvalue weighted by molar-refractivity contribution is 5.91. The van der Waals surface area contributed by atoms with Crippen molar-refractivity contribution in [1.29, 1.82) is 0 Å². The van der Waals surface area contributed by atoms with E-state index in [9.17, 15) is 4.79 Å². The number of aryl methyl sites for hydroxylation is 1. The molecule has 0 saturated carbocycles. The molecule has 1 aliphatic rings. The van der Waals surface area contributed by atoms with Crippen LogP contribution in [0.1, 0.15) is 24.8 Å². The summed E-state index contributed by atoms with van der Waals surface area (Å²) in [5, 5.41) is 6.30. The van der Waals surface area contributed by atoms with Gasteiger partial charge in [0.15, 0.2) is 0 Å². The second-order valence-electron chi connectivity index (χ2n) is 6.06. The minimum Gasteiger partial charge on any atom is -0.424 e. The number of aromatic nitrogens is 2. The van der Waals surface area contributed by atoms with Crippen LogP contribution in [0, 0.1) is 12.8 Å². The smallest absolute Gasteiger partial charge is 0.321 e. The molecular weight excluding hydrogens is 304 g/mol. The summed E-state index contributed by atoms with van der Waals surface area (Å²) >= 11 is 0. The highest BCUT2D eigenvalue weighted by atomic mass is 16.5. The van der Waals surface area contributed by atoms with Crippen LogP contribution in [0.3, 0.4) is 0 Å². The summed E-state index contributed by atoms with van der Waals surface area (Å²) in [5.41, 5.74) is 1.75. The van der Waals surface area contributed by atoms with Gasteiger partial charge >= 0.3 is 6.01 Å². The highest BCUT2D eigenvalue weighted by Crippen LogP contribution is 2.24. The summed E-state index contributed by atoms with van der Waals surface area (Å²) < 4.78 is 5.59. The molecule has 1 saturated heterocycles. The fourth-order valence-corrected chi connectivity index (χ4v) is 2.79. The number of hydrogen-bond donors (Lipinski definition) is 2. The van der Waals surface area contributed by atoms with E-state index in [0.29, 0.717) is 24.1 Å². The van der Waals surface area contributed by atoms with E-state index in [2.05, 4.69) is 20.6 Å². The van der Waals surface area contributed by atoms with Crippen LogP contribution in [0.15, 0.2) is 36.7 Å². The quantitative estimate of drug-likeness (QED) is 0.853. The van der Waals surface area contributed by atoms with E-state index in [-0.39, 0.29) is 5.91 Å². The molecule has 2 N–H and O–H groups in total. The Morgan fingerprint density at radius 2 is 2.21 bits per heavy atom. The summed E-state index contributed by atoms with van der Waals surface area (Å²) in [6.45, 7) is 4.03. The van der Waals surface area contributed by atoms with Crippen molar-refractivity contribution in [2.24, 2.45) is 5.92 Å². The highest BCUT2D eigenvalue weighted by Gasteiger charge is 2.16. The van der Waals surface area contributed by atoms with Crippen LogP contribution in [0.2, 0.25) is 0 Å². The van der Waals surface area contributed by atoms with Gasteiger partial charge in [0, 0.05) is 24.5 Å². The lowest BCUT2D eigenvalue weighted by atomic mass is 10.0. The lowest BCUT2D eigenvalue weighted by Crippen LogP contribution is -2.15. The number of ether oxygens (including phenoxy) is 1. The molecule has 0 bridgehead atoms. The molecule has 1 aromatic carbocycles. The van der Waals surface area contributed by atoms with Crippen LogP contribution in [-0.4, -0.2) is 29.0 Å². The number of rotatable bonds is 6. The van der Waals surface area contributed by atoms with E-state index < -0.39 is 0 Å². The van der Waals surface area contributed by atoms with Gasteiger partial charge < -0.3 is 15.4 Å². The Morgan fingerprint density at radius 3 is 2.92 bits per heavy atom. The molecule has 2 aromatic rings. The molecule has 6 heteroatoms. The molecule has 0 aliphatic carbocycles. The van der Waals surface area contributed by atoms with Crippen LogP contribution in [0.4, 0.5) is 5.69 Å². The van der Waals surface area contributed by atoms with Crippen LogP contribution < -0.4 is 15.4 Å². The van der Waals surface area contributed by atoms with Gasteiger partial charge in [-0.15, -0.1) is 0 Å². The van der Waals surface area contributed by atoms with Gasteiger partial charge in [-0.25, -0.2) is 9.97 Å². The van der Waals surface area contributed by atoms with Crippen LogP contribution in [0.5, 0.6) is 11.8 Å². The summed E-state index contributed by atoms with van der Waals surface area (Å²) in [6, 6.07) is 7.56. The summed E-state index contributed by atoms with van der Waals surface area (Å²) in [5.74, 6) is 1.33. The van der Waals surface area contributed by atoms with Crippen molar-refractivity contribution in [3.05, 3.63) is 42.2 Å². The Balaban J connectivity index is 1.55. The second kappa shape index (κ2) is 7.88.